The van der Waals surface area contributed by atoms with E-state index in [1.807, 2.05) is 12.2 Å². The van der Waals surface area contributed by atoms with Crippen LogP contribution in [0.1, 0.15) is 19.8 Å². The smallest absolute Gasteiger partial charge is 0.111 e. The molecule has 0 aromatic carbocycles. The van der Waals surface area contributed by atoms with E-state index in [0.29, 0.717) is 5.76 Å². The lowest BCUT2D eigenvalue weighted by molar-refractivity contribution is 0.309. The second kappa shape index (κ2) is 5.78. The molecule has 0 rings (SSSR count). The van der Waals surface area contributed by atoms with Crippen molar-refractivity contribution < 1.29 is 4.74 Å². The van der Waals surface area contributed by atoms with Gasteiger partial charge in [0.2, 0.25) is 0 Å². The van der Waals surface area contributed by atoms with Crippen molar-refractivity contribution in [2.24, 2.45) is 0 Å². The molecule has 0 heterocycles. The molecule has 0 aliphatic rings. The molecular weight excluding hydrogens is 136 g/mol. The fourth-order valence-corrected chi connectivity index (χ4v) is 0.683. The monoisotopic (exact) mass is 152 g/mol. The molecule has 0 atom stereocenters. The fraction of sp³-hybridized carbons (Fsp3) is 0.400. The molecule has 0 radical (unpaired) electrons. The van der Waals surface area contributed by atoms with Gasteiger partial charge in [-0.3, -0.25) is 0 Å². The van der Waals surface area contributed by atoms with E-state index in [1.54, 1.807) is 7.11 Å². The predicted molar refractivity (Wildman–Crippen MR) is 49.3 cm³/mol. The Hall–Kier alpha value is -0.980. The van der Waals surface area contributed by atoms with Crippen LogP contribution >= 0.6 is 0 Å². The summed E-state index contributed by atoms with van der Waals surface area (Å²) in [5.41, 5.74) is 1.12. The lowest BCUT2D eigenvalue weighted by Gasteiger charge is -1.97. The largest absolute Gasteiger partial charge is 0.497 e. The van der Waals surface area contributed by atoms with E-state index in [1.165, 1.54) is 0 Å². The van der Waals surface area contributed by atoms with Gasteiger partial charge < -0.3 is 4.74 Å². The molecule has 0 aromatic heterocycles. The third kappa shape index (κ3) is 5.46. The fourth-order valence-electron chi connectivity index (χ4n) is 0.683. The van der Waals surface area contributed by atoms with Crippen LogP contribution in [0.4, 0.5) is 0 Å². The molecule has 0 unspecified atom stereocenters. The summed E-state index contributed by atoms with van der Waals surface area (Å²) < 4.78 is 4.86. The summed E-state index contributed by atoms with van der Waals surface area (Å²) >= 11 is 0. The average Bonchev–Trinajstić information content (AvgIpc) is 2.01. The van der Waals surface area contributed by atoms with E-state index in [0.717, 1.165) is 18.4 Å². The maximum Gasteiger partial charge on any atom is 0.111 e. The van der Waals surface area contributed by atoms with Gasteiger partial charge in [-0.25, -0.2) is 0 Å². The highest BCUT2D eigenvalue weighted by atomic mass is 16.5. The standard InChI is InChI=1S/C10H16O/c1-5-6-9(2)7-8-10(3)11-4/h7-8H,2-3,5-6H2,1,4H3/b8-7-. The van der Waals surface area contributed by atoms with Crippen molar-refractivity contribution in [2.75, 3.05) is 7.11 Å². The third-order valence-corrected chi connectivity index (χ3v) is 1.34. The molecule has 62 valence electrons. The van der Waals surface area contributed by atoms with Crippen LogP contribution < -0.4 is 0 Å². The van der Waals surface area contributed by atoms with Crippen molar-refractivity contribution in [3.05, 3.63) is 36.6 Å². The third-order valence-electron chi connectivity index (χ3n) is 1.34. The summed E-state index contributed by atoms with van der Waals surface area (Å²) in [6.07, 6.45) is 5.93. The van der Waals surface area contributed by atoms with Crippen LogP contribution in [-0.2, 0) is 4.74 Å². The Morgan fingerprint density at radius 1 is 1.36 bits per heavy atom. The molecule has 0 saturated carbocycles. The van der Waals surface area contributed by atoms with Crippen LogP contribution in [0.3, 0.4) is 0 Å². The Kier molecular flexibility index (Phi) is 5.26. The minimum atomic E-state index is 0.669. The van der Waals surface area contributed by atoms with Gasteiger partial charge in [-0.05, 0) is 12.5 Å². The number of allylic oxidation sites excluding steroid dienone is 3. The van der Waals surface area contributed by atoms with Gasteiger partial charge in [0, 0.05) is 0 Å². The molecule has 0 aromatic rings. The van der Waals surface area contributed by atoms with Crippen LogP contribution in [-0.4, -0.2) is 7.11 Å². The quantitative estimate of drug-likeness (QED) is 0.434. The summed E-state index contributed by atoms with van der Waals surface area (Å²) in [6, 6.07) is 0. The van der Waals surface area contributed by atoms with E-state index in [4.69, 9.17) is 4.74 Å². The van der Waals surface area contributed by atoms with E-state index < -0.39 is 0 Å². The first kappa shape index (κ1) is 10.0. The highest BCUT2D eigenvalue weighted by Crippen LogP contribution is 2.04. The van der Waals surface area contributed by atoms with Gasteiger partial charge >= 0.3 is 0 Å². The first-order valence-corrected chi connectivity index (χ1v) is 3.79. The highest BCUT2D eigenvalue weighted by molar-refractivity contribution is 5.20. The van der Waals surface area contributed by atoms with Crippen molar-refractivity contribution in [1.82, 2.24) is 0 Å². The molecule has 0 N–H and O–H groups in total. The van der Waals surface area contributed by atoms with Gasteiger partial charge in [-0.1, -0.05) is 38.2 Å². The zero-order valence-electron chi connectivity index (χ0n) is 7.39. The lowest BCUT2D eigenvalue weighted by Crippen LogP contribution is -1.79. The molecule has 0 aliphatic heterocycles. The molecule has 11 heavy (non-hydrogen) atoms. The van der Waals surface area contributed by atoms with Crippen molar-refractivity contribution in [3.8, 4) is 0 Å². The summed E-state index contributed by atoms with van der Waals surface area (Å²) in [4.78, 5) is 0. The molecule has 0 saturated heterocycles. The topological polar surface area (TPSA) is 9.23 Å². The van der Waals surface area contributed by atoms with Crippen molar-refractivity contribution in [2.45, 2.75) is 19.8 Å². The Bertz CT molecular complexity index is 166. The second-order valence-corrected chi connectivity index (χ2v) is 2.41. The first-order valence-electron chi connectivity index (χ1n) is 3.79. The summed E-state index contributed by atoms with van der Waals surface area (Å²) in [5, 5.41) is 0. The van der Waals surface area contributed by atoms with Crippen LogP contribution in [0.2, 0.25) is 0 Å². The van der Waals surface area contributed by atoms with Crippen molar-refractivity contribution in [3.63, 3.8) is 0 Å². The molecule has 0 amide bonds. The molecule has 0 fully saturated rings. The maximum absolute atomic E-state index is 4.86. The summed E-state index contributed by atoms with van der Waals surface area (Å²) in [6.45, 7) is 9.65. The minimum Gasteiger partial charge on any atom is -0.497 e. The Morgan fingerprint density at radius 2 is 2.00 bits per heavy atom. The SMILES string of the molecule is C=C(/C=C\C(=C)OC)CCC. The molecule has 0 spiro atoms. The van der Waals surface area contributed by atoms with E-state index >= 15 is 0 Å². The van der Waals surface area contributed by atoms with Crippen molar-refractivity contribution in [1.29, 1.82) is 0 Å². The van der Waals surface area contributed by atoms with E-state index in [2.05, 4.69) is 20.1 Å². The van der Waals surface area contributed by atoms with Gasteiger partial charge in [0.1, 0.15) is 5.76 Å². The van der Waals surface area contributed by atoms with Crippen LogP contribution in [0.25, 0.3) is 0 Å². The van der Waals surface area contributed by atoms with Gasteiger partial charge in [-0.2, -0.15) is 0 Å². The zero-order chi connectivity index (χ0) is 8.69. The number of hydrogen-bond donors (Lipinski definition) is 0. The second-order valence-electron chi connectivity index (χ2n) is 2.41. The van der Waals surface area contributed by atoms with Crippen LogP contribution in [0, 0.1) is 0 Å². The van der Waals surface area contributed by atoms with Crippen molar-refractivity contribution >= 4 is 0 Å². The van der Waals surface area contributed by atoms with E-state index in [9.17, 15) is 0 Å². The Labute approximate surface area is 69.1 Å². The van der Waals surface area contributed by atoms with Gasteiger partial charge in [-0.15, -0.1) is 0 Å². The number of methoxy groups -OCH3 is 1. The minimum absolute atomic E-state index is 0.669. The zero-order valence-corrected chi connectivity index (χ0v) is 7.39. The molecular formula is C10H16O. The first-order chi connectivity index (χ1) is 5.20. The normalized spacial score (nSPS) is 10.0. The van der Waals surface area contributed by atoms with Gasteiger partial charge in [0.25, 0.3) is 0 Å². The van der Waals surface area contributed by atoms with Gasteiger partial charge in [0.05, 0.1) is 7.11 Å². The number of ether oxygens (including phenoxy) is 1. The predicted octanol–water partition coefficient (Wildman–Crippen LogP) is 3.06. The molecule has 0 aliphatic carbocycles. The number of rotatable bonds is 5. The molecule has 1 heteroatoms. The van der Waals surface area contributed by atoms with E-state index in [-0.39, 0.29) is 0 Å². The molecule has 1 nitrogen and oxygen atoms in total. The van der Waals surface area contributed by atoms with Gasteiger partial charge in [0.15, 0.2) is 0 Å². The summed E-state index contributed by atoms with van der Waals surface area (Å²) in [5.74, 6) is 0.669. The highest BCUT2D eigenvalue weighted by Gasteiger charge is 1.86. The average molecular weight is 152 g/mol. The summed E-state index contributed by atoms with van der Waals surface area (Å²) in [7, 11) is 1.61. The Morgan fingerprint density at radius 3 is 2.45 bits per heavy atom. The maximum atomic E-state index is 4.86. The Balaban J connectivity index is 3.73. The van der Waals surface area contributed by atoms with Crippen LogP contribution in [0.15, 0.2) is 36.6 Å². The van der Waals surface area contributed by atoms with Crippen LogP contribution in [0.5, 0.6) is 0 Å². The molecule has 0 bridgehead atoms. The number of hydrogen-bond acceptors (Lipinski definition) is 1. The lowest BCUT2D eigenvalue weighted by atomic mass is 10.1.